The third kappa shape index (κ3) is 3.58. The topological polar surface area (TPSA) is 48.7 Å². The molecule has 1 saturated carbocycles. The van der Waals surface area contributed by atoms with Gasteiger partial charge in [0.2, 0.25) is 0 Å². The van der Waals surface area contributed by atoms with E-state index in [4.69, 9.17) is 9.16 Å². The van der Waals surface area contributed by atoms with Crippen LogP contribution in [0.15, 0.2) is 18.5 Å². The fourth-order valence-corrected chi connectivity index (χ4v) is 3.30. The summed E-state index contributed by atoms with van der Waals surface area (Å²) in [4.78, 5) is 4.30. The smallest absolute Gasteiger partial charge is 0.192 e. The molecule has 23 heavy (non-hydrogen) atoms. The van der Waals surface area contributed by atoms with Crippen LogP contribution in [-0.4, -0.2) is 36.1 Å². The molecule has 1 fully saturated rings. The number of fused-ring (bicyclic) bond motifs is 1. The molecule has 0 unspecified atom stereocenters. The molecule has 0 radical (unpaired) electrons. The second kappa shape index (κ2) is 5.91. The third-order valence-corrected chi connectivity index (χ3v) is 9.49. The minimum atomic E-state index is -1.71. The van der Waals surface area contributed by atoms with Crippen molar-refractivity contribution in [2.24, 2.45) is 0 Å². The largest absolute Gasteiger partial charge is 0.489 e. The molecule has 2 aromatic rings. The maximum atomic E-state index is 6.18. The van der Waals surface area contributed by atoms with Gasteiger partial charge in [0, 0.05) is 24.4 Å². The van der Waals surface area contributed by atoms with Crippen molar-refractivity contribution in [3.8, 4) is 5.75 Å². The van der Waals surface area contributed by atoms with E-state index in [1.165, 1.54) is 12.8 Å². The molecule has 6 heteroatoms. The molecule has 126 valence electrons. The van der Waals surface area contributed by atoms with Gasteiger partial charge in [-0.3, -0.25) is 0 Å². The van der Waals surface area contributed by atoms with E-state index in [-0.39, 0.29) is 5.04 Å². The first-order valence-electron chi connectivity index (χ1n) is 8.39. The lowest BCUT2D eigenvalue weighted by molar-refractivity contribution is 0.201. The molecule has 3 rings (SSSR count). The van der Waals surface area contributed by atoms with E-state index in [1.54, 1.807) is 6.20 Å². The lowest BCUT2D eigenvalue weighted by Crippen LogP contribution is -2.41. The van der Waals surface area contributed by atoms with Crippen LogP contribution in [0.25, 0.3) is 5.65 Å². The van der Waals surface area contributed by atoms with Gasteiger partial charge in [-0.25, -0.2) is 9.50 Å². The molecular weight excluding hydrogens is 306 g/mol. The van der Waals surface area contributed by atoms with E-state index in [0.717, 1.165) is 17.1 Å². The summed E-state index contributed by atoms with van der Waals surface area (Å²) in [5.74, 6) is 1.41. The van der Waals surface area contributed by atoms with Crippen molar-refractivity contribution in [2.45, 2.75) is 57.7 Å². The molecule has 2 aromatic heterocycles. The molecule has 1 aliphatic rings. The summed E-state index contributed by atoms with van der Waals surface area (Å²) in [5, 5.41) is 4.89. The zero-order chi connectivity index (χ0) is 16.7. The molecule has 0 bridgehead atoms. The average Bonchev–Trinajstić information content (AvgIpc) is 3.20. The Balaban J connectivity index is 1.64. The number of hydrogen-bond donors (Lipinski definition) is 0. The molecule has 0 atom stereocenters. The van der Waals surface area contributed by atoms with Gasteiger partial charge in [-0.1, -0.05) is 20.8 Å². The van der Waals surface area contributed by atoms with Crippen LogP contribution in [0.2, 0.25) is 18.1 Å². The molecule has 0 N–H and O–H groups in total. The van der Waals surface area contributed by atoms with E-state index < -0.39 is 8.32 Å². The maximum absolute atomic E-state index is 6.18. The molecule has 0 spiro atoms. The molecule has 5 nitrogen and oxygen atoms in total. The molecular formula is C17H27N3O2Si. The highest BCUT2D eigenvalue weighted by Crippen LogP contribution is 2.43. The highest BCUT2D eigenvalue weighted by atomic mass is 28.4. The second-order valence-corrected chi connectivity index (χ2v) is 12.7. The minimum Gasteiger partial charge on any atom is -0.489 e. The van der Waals surface area contributed by atoms with Gasteiger partial charge < -0.3 is 9.16 Å². The number of nitrogens with zero attached hydrogens (tertiary/aromatic N) is 3. The normalized spacial score (nSPS) is 16.0. The zero-order valence-electron chi connectivity index (χ0n) is 14.8. The summed E-state index contributed by atoms with van der Waals surface area (Å²) in [6, 6.07) is 1.99. The average molecular weight is 334 g/mol. The van der Waals surface area contributed by atoms with Crippen LogP contribution in [0.4, 0.5) is 0 Å². The first kappa shape index (κ1) is 16.5. The van der Waals surface area contributed by atoms with Crippen LogP contribution in [-0.2, 0) is 4.43 Å². The Hall–Kier alpha value is -1.40. The minimum absolute atomic E-state index is 0.225. The Kier molecular flexibility index (Phi) is 4.23. The van der Waals surface area contributed by atoms with Gasteiger partial charge >= 0.3 is 0 Å². The van der Waals surface area contributed by atoms with Gasteiger partial charge in [0.15, 0.2) is 14.0 Å². The summed E-state index contributed by atoms with van der Waals surface area (Å²) in [6.45, 7) is 12.5. The lowest BCUT2D eigenvalue weighted by atomic mass is 10.2. The van der Waals surface area contributed by atoms with Crippen molar-refractivity contribution in [3.63, 3.8) is 0 Å². The highest BCUT2D eigenvalue weighted by molar-refractivity contribution is 6.74. The standard InChI is InChI=1S/C17H27N3O2Si/c1-17(2,3)23(4,5)22-11-10-21-14-12-15-18-8-9-20(15)19-16(14)13-6-7-13/h8-9,12-13H,6-7,10-11H2,1-5H3. The van der Waals surface area contributed by atoms with Crippen LogP contribution < -0.4 is 4.74 Å². The monoisotopic (exact) mass is 333 g/mol. The van der Waals surface area contributed by atoms with E-state index in [0.29, 0.717) is 19.1 Å². The lowest BCUT2D eigenvalue weighted by Gasteiger charge is -2.36. The van der Waals surface area contributed by atoms with Gasteiger partial charge in [0.25, 0.3) is 0 Å². The van der Waals surface area contributed by atoms with Crippen molar-refractivity contribution in [2.75, 3.05) is 13.2 Å². The van der Waals surface area contributed by atoms with Gasteiger partial charge in [-0.05, 0) is 31.0 Å². The van der Waals surface area contributed by atoms with Crippen LogP contribution in [0.3, 0.4) is 0 Å². The number of imidazole rings is 1. The Morgan fingerprint density at radius 2 is 2.00 bits per heavy atom. The summed E-state index contributed by atoms with van der Waals surface area (Å²) in [6.07, 6.45) is 6.04. The van der Waals surface area contributed by atoms with Crippen molar-refractivity contribution in [1.82, 2.24) is 14.6 Å². The van der Waals surface area contributed by atoms with E-state index >= 15 is 0 Å². The SMILES string of the molecule is CC(C)(C)[Si](C)(C)OCCOc1cc2nccn2nc1C1CC1. The van der Waals surface area contributed by atoms with Crippen LogP contribution in [0.5, 0.6) is 5.75 Å². The van der Waals surface area contributed by atoms with Crippen molar-refractivity contribution < 1.29 is 9.16 Å². The fraction of sp³-hybridized carbons (Fsp3) is 0.647. The number of ether oxygens (including phenoxy) is 1. The molecule has 2 heterocycles. The highest BCUT2D eigenvalue weighted by Gasteiger charge is 2.37. The summed E-state index contributed by atoms with van der Waals surface area (Å²) < 4.78 is 14.0. The van der Waals surface area contributed by atoms with Crippen LogP contribution in [0, 0.1) is 0 Å². The molecule has 1 aliphatic carbocycles. The number of aromatic nitrogens is 3. The first-order valence-corrected chi connectivity index (χ1v) is 11.3. The summed E-state index contributed by atoms with van der Waals surface area (Å²) in [5.41, 5.74) is 1.89. The Morgan fingerprint density at radius 3 is 2.65 bits per heavy atom. The number of rotatable bonds is 6. The van der Waals surface area contributed by atoms with Crippen molar-refractivity contribution in [1.29, 1.82) is 0 Å². The van der Waals surface area contributed by atoms with Gasteiger partial charge in [0.05, 0.1) is 6.61 Å². The quantitative estimate of drug-likeness (QED) is 0.592. The molecule has 0 aliphatic heterocycles. The Bertz CT molecular complexity index is 687. The van der Waals surface area contributed by atoms with E-state index in [1.807, 2.05) is 16.8 Å². The Morgan fingerprint density at radius 1 is 1.26 bits per heavy atom. The van der Waals surface area contributed by atoms with E-state index in [2.05, 4.69) is 43.9 Å². The Labute approximate surface area is 139 Å². The predicted octanol–water partition coefficient (Wildman–Crippen LogP) is 4.01. The third-order valence-electron chi connectivity index (χ3n) is 4.95. The molecule has 0 amide bonds. The van der Waals surface area contributed by atoms with Crippen molar-refractivity contribution in [3.05, 3.63) is 24.2 Å². The van der Waals surface area contributed by atoms with E-state index in [9.17, 15) is 0 Å². The zero-order valence-corrected chi connectivity index (χ0v) is 15.8. The molecule has 0 saturated heterocycles. The van der Waals surface area contributed by atoms with Gasteiger partial charge in [0.1, 0.15) is 18.1 Å². The second-order valence-electron chi connectivity index (χ2n) is 7.86. The van der Waals surface area contributed by atoms with Crippen molar-refractivity contribution >= 4 is 14.0 Å². The van der Waals surface area contributed by atoms with Gasteiger partial charge in [-0.15, -0.1) is 0 Å². The fourth-order valence-electron chi connectivity index (χ4n) is 2.27. The predicted molar refractivity (Wildman–Crippen MR) is 93.6 cm³/mol. The summed E-state index contributed by atoms with van der Waals surface area (Å²) in [7, 11) is -1.71. The molecule has 0 aromatic carbocycles. The summed E-state index contributed by atoms with van der Waals surface area (Å²) >= 11 is 0. The maximum Gasteiger partial charge on any atom is 0.192 e. The number of hydrogen-bond acceptors (Lipinski definition) is 4. The van der Waals surface area contributed by atoms with Crippen LogP contribution in [0.1, 0.15) is 45.2 Å². The first-order chi connectivity index (χ1) is 10.8. The van der Waals surface area contributed by atoms with Gasteiger partial charge in [-0.2, -0.15) is 5.10 Å². The van der Waals surface area contributed by atoms with Crippen LogP contribution >= 0.6 is 0 Å².